The van der Waals surface area contributed by atoms with E-state index in [0.29, 0.717) is 92.1 Å². The fraction of sp³-hybridized carbons (Fsp3) is 0.352. The number of allylic oxidation sites excluding steroid dienone is 2. The summed E-state index contributed by atoms with van der Waals surface area (Å²) in [5, 5.41) is 26.4. The first kappa shape index (κ1) is 99.2. The van der Waals surface area contributed by atoms with Gasteiger partial charge in [0, 0.05) is 61.1 Å². The molecule has 11 aromatic rings. The number of aryl methyl sites for hydroxylation is 3. The monoisotopic (exact) mass is 1830 g/mol. The summed E-state index contributed by atoms with van der Waals surface area (Å²) >= 11 is 0. The van der Waals surface area contributed by atoms with Crippen LogP contribution in [0.4, 0.5) is 0 Å². The number of carbonyl (C=O) groups is 11. The number of nitrogens with zero attached hydrogens (tertiary/aromatic N) is 9. The van der Waals surface area contributed by atoms with Crippen LogP contribution in [0.25, 0.3) is 33.8 Å². The number of aldehydes is 4. The Morgan fingerprint density at radius 2 is 0.911 bits per heavy atom. The van der Waals surface area contributed by atoms with Gasteiger partial charge in [0.1, 0.15) is 65.6 Å². The molecule has 5 atom stereocenters. The van der Waals surface area contributed by atoms with E-state index in [1.807, 2.05) is 133 Å². The number of carbonyl (C=O) groups excluding carboxylic acids is 11. The molecule has 135 heavy (non-hydrogen) atoms. The van der Waals surface area contributed by atoms with Crippen LogP contribution in [0.2, 0.25) is 0 Å². The third-order valence-corrected chi connectivity index (χ3v) is 23.0. The number of ether oxygens (including phenoxy) is 4. The molecular formula is C105H117N15O15. The molecule has 9 aliphatic heterocycles. The quantitative estimate of drug-likeness (QED) is 0.0490. The number of nitrogens with one attached hydrogen (secondary N) is 6. The number of likely N-dealkylation sites (N-methyl/N-ethyl adjacent to an activating group) is 1. The summed E-state index contributed by atoms with van der Waals surface area (Å²) in [4.78, 5) is 155. The van der Waals surface area contributed by atoms with Gasteiger partial charge in [0.25, 0.3) is 35.4 Å². The molecule has 4 aromatic carbocycles. The van der Waals surface area contributed by atoms with Crippen molar-refractivity contribution in [1.29, 1.82) is 0 Å². The highest BCUT2D eigenvalue weighted by molar-refractivity contribution is 6.38. The maximum Gasteiger partial charge on any atom is 0.289 e. The van der Waals surface area contributed by atoms with E-state index in [2.05, 4.69) is 79.2 Å². The van der Waals surface area contributed by atoms with Gasteiger partial charge >= 0.3 is 0 Å². The minimum atomic E-state index is -1.09. The lowest BCUT2D eigenvalue weighted by atomic mass is 10.0. The van der Waals surface area contributed by atoms with Gasteiger partial charge in [-0.25, -0.2) is 19.3 Å². The van der Waals surface area contributed by atoms with Crippen molar-refractivity contribution in [3.8, 4) is 45.9 Å². The van der Waals surface area contributed by atoms with E-state index in [0.717, 1.165) is 214 Å². The van der Waals surface area contributed by atoms with Gasteiger partial charge < -0.3 is 70.0 Å². The number of amides is 6. The number of rotatable bonds is 7. The Hall–Kier alpha value is -14.8. The van der Waals surface area contributed by atoms with Gasteiger partial charge in [-0.3, -0.25) is 48.5 Å². The van der Waals surface area contributed by atoms with Gasteiger partial charge in [-0.15, -0.1) is 0 Å². The molecule has 0 saturated carbocycles. The summed E-state index contributed by atoms with van der Waals surface area (Å²) in [5.41, 5.74) is 8.84. The summed E-state index contributed by atoms with van der Waals surface area (Å²) < 4.78 is 26.7. The normalized spacial score (nSPS) is 18.6. The van der Waals surface area contributed by atoms with E-state index in [-0.39, 0.29) is 29.7 Å². The highest BCUT2D eigenvalue weighted by atomic mass is 16.5. The van der Waals surface area contributed by atoms with E-state index >= 15 is 0 Å². The molecular weight excluding hydrogens is 1710 g/mol. The van der Waals surface area contributed by atoms with Crippen LogP contribution in [0.3, 0.4) is 0 Å². The maximum atomic E-state index is 13.6. The number of ketones is 1. The van der Waals surface area contributed by atoms with Crippen molar-refractivity contribution in [2.75, 3.05) is 33.0 Å². The summed E-state index contributed by atoms with van der Waals surface area (Å²) in [5.74, 6) is 0.495. The third-order valence-electron chi connectivity index (χ3n) is 23.0. The number of Topliss-reactive ketones (excluding diaryl/α,β-unsaturated/α-hetero) is 1. The zero-order chi connectivity index (χ0) is 94.6. The average Bonchev–Trinajstić information content (AvgIpc) is 1.66. The predicted octanol–water partition coefficient (Wildman–Crippen LogP) is 14.6. The lowest BCUT2D eigenvalue weighted by Gasteiger charge is -2.18. The van der Waals surface area contributed by atoms with E-state index in [1.165, 1.54) is 19.3 Å². The van der Waals surface area contributed by atoms with Crippen LogP contribution >= 0.6 is 0 Å². The molecule has 702 valence electrons. The number of fused-ring (bicyclic) bond motifs is 13. The van der Waals surface area contributed by atoms with Crippen molar-refractivity contribution < 1.29 is 71.7 Å². The molecule has 0 unspecified atom stereocenters. The molecule has 30 nitrogen and oxygen atoms in total. The van der Waals surface area contributed by atoms with Crippen LogP contribution < -0.4 is 50.8 Å². The SMILES string of the molecule is CCNC(=O)C(=O)[C@@H]1Cc2ccc(cc2)OCCCCOc2ccc3c(cnn3-c3ncccc3C(=O)N1)c2.O=C[C@@H]1C/C=C/CCCCCc2cccnc2C(=O)N1.O=C[C@@H]1CC=CCCCCCc2ncccc2C(=O)N1.O=C[C@@H]1CCCCCCCCc2cccnc2C(=O)N1.O=C[C@@H]1Cc2ccc(cc2)OCCCCOc2cccc(c2)-c2ccn(n2)-c2ncccc2C(=O)N1. The molecule has 6 amide bonds. The number of benzene rings is 4. The molecule has 12 bridgehead atoms. The topological polar surface area (TPSA) is 397 Å². The maximum absolute atomic E-state index is 13.6. The lowest BCUT2D eigenvalue weighted by Crippen LogP contribution is -2.48. The van der Waals surface area contributed by atoms with Crippen molar-refractivity contribution in [1.82, 2.24) is 76.4 Å². The second kappa shape index (κ2) is 53.6. The number of aromatic nitrogens is 9. The summed E-state index contributed by atoms with van der Waals surface area (Å²) in [6.07, 6.45) is 46.5. The largest absolute Gasteiger partial charge is 0.494 e. The fourth-order valence-corrected chi connectivity index (χ4v) is 15.8. The Morgan fingerprint density at radius 1 is 0.430 bits per heavy atom. The van der Waals surface area contributed by atoms with Gasteiger partial charge in [-0.1, -0.05) is 118 Å². The highest BCUT2D eigenvalue weighted by Crippen LogP contribution is 2.29. The standard InChI is InChI=1S/C29H29N5O5.C28H26N4O4.C16H20N2O2.C16H22N2O2.C16H20N2O2/c1-2-30-29(37)26(35)24-16-19-7-9-21(10-8-19)38-14-3-4-15-39-22-11-12-25-20(17-22)18-32-34(25)27-23(28(36)33-24)6-5-13-31-27;33-19-22-17-20-8-10-23(11-9-20)35-15-1-2-16-36-24-6-3-5-21(18-24)26-12-14-32(31-26)27-25(28(34)30-22)7-4-13-29-27;19-12-13-8-5-3-1-2-4-6-10-15-14(16(20)18-13)9-7-11-17-15;2*19-12-14-10-6-4-2-1-3-5-8-13-9-7-11-17-15(13)16(20)18-14/h5-13,17-18,24H,2-4,14-16H2,1H3,(H,30,37)(H,33,36);3-14,18-19,22H,1-2,15-17H2,(H,30,34);3,5,7,9,11-13H,1-2,4,6,8,10H2,(H,18,20);7,9,11-12,14H,1-6,8,10H2,(H,18,20);4,6-7,9,11-12,14H,1-3,5,8,10H2,(H,18,20)/b;;;;6-4+/t24-;22-;13-;2*14-/m00000/s1. The van der Waals surface area contributed by atoms with Gasteiger partial charge in [-0.2, -0.15) is 10.2 Å². The van der Waals surface area contributed by atoms with Crippen LogP contribution in [0, 0.1) is 0 Å². The van der Waals surface area contributed by atoms with E-state index < -0.39 is 53.7 Å². The van der Waals surface area contributed by atoms with Gasteiger partial charge in [0.2, 0.25) is 5.78 Å². The Labute approximate surface area is 785 Å². The second-order valence-electron chi connectivity index (χ2n) is 33.1. The van der Waals surface area contributed by atoms with Gasteiger partial charge in [-0.05, 0) is 254 Å². The van der Waals surface area contributed by atoms with Crippen LogP contribution in [0.5, 0.6) is 23.0 Å². The Bertz CT molecular complexity index is 5740. The van der Waals surface area contributed by atoms with Crippen LogP contribution in [-0.4, -0.2) is 174 Å². The first-order valence-corrected chi connectivity index (χ1v) is 46.7. The van der Waals surface area contributed by atoms with Crippen molar-refractivity contribution in [3.63, 3.8) is 0 Å². The second-order valence-corrected chi connectivity index (χ2v) is 33.1. The number of hydrogen-bond donors (Lipinski definition) is 6. The Morgan fingerprint density at radius 3 is 1.52 bits per heavy atom. The van der Waals surface area contributed by atoms with Crippen molar-refractivity contribution >= 4 is 77.3 Å². The molecule has 30 heteroatoms. The minimum absolute atomic E-state index is 0.127. The Kier molecular flexibility index (Phi) is 39.4. The average molecular weight is 1830 g/mol. The number of pyridine rings is 5. The molecule has 9 aliphatic rings. The zero-order valence-electron chi connectivity index (χ0n) is 76.1. The van der Waals surface area contributed by atoms with E-state index in [9.17, 15) is 52.7 Å². The Balaban J connectivity index is 0.000000157. The molecule has 6 N–H and O–H groups in total. The van der Waals surface area contributed by atoms with Gasteiger partial charge in [0.15, 0.2) is 11.6 Å². The molecule has 7 aromatic heterocycles. The lowest BCUT2D eigenvalue weighted by molar-refractivity contribution is -0.138. The summed E-state index contributed by atoms with van der Waals surface area (Å²) in [7, 11) is 0. The molecule has 0 aliphatic carbocycles. The van der Waals surface area contributed by atoms with Crippen molar-refractivity contribution in [2.24, 2.45) is 0 Å². The molecule has 16 heterocycles. The highest BCUT2D eigenvalue weighted by Gasteiger charge is 2.30. The van der Waals surface area contributed by atoms with Crippen molar-refractivity contribution in [2.45, 2.75) is 204 Å². The summed E-state index contributed by atoms with van der Waals surface area (Å²) in [6, 6.07) is 44.7. The number of hydrogen-bond acceptors (Lipinski definition) is 22. The third kappa shape index (κ3) is 30.6. The van der Waals surface area contributed by atoms with Gasteiger partial charge in [0.05, 0.1) is 90.4 Å². The van der Waals surface area contributed by atoms with Crippen LogP contribution in [0.1, 0.15) is 222 Å². The van der Waals surface area contributed by atoms with E-state index in [1.54, 1.807) is 96.1 Å². The first-order chi connectivity index (χ1) is 66.1. The van der Waals surface area contributed by atoms with Crippen LogP contribution in [0.15, 0.2) is 225 Å². The molecule has 0 fully saturated rings. The fourth-order valence-electron chi connectivity index (χ4n) is 15.8. The minimum Gasteiger partial charge on any atom is -0.494 e. The van der Waals surface area contributed by atoms with Crippen molar-refractivity contribution in [3.05, 3.63) is 281 Å². The molecule has 0 radical (unpaired) electrons. The molecule has 20 rings (SSSR count). The summed E-state index contributed by atoms with van der Waals surface area (Å²) in [6.45, 7) is 4.27. The zero-order valence-corrected chi connectivity index (χ0v) is 76.1. The smallest absolute Gasteiger partial charge is 0.289 e. The molecule has 0 spiro atoms. The van der Waals surface area contributed by atoms with Crippen LogP contribution in [-0.2, 0) is 60.9 Å². The first-order valence-electron chi connectivity index (χ1n) is 46.7. The van der Waals surface area contributed by atoms with E-state index in [4.69, 9.17) is 18.9 Å². The predicted molar refractivity (Wildman–Crippen MR) is 511 cm³/mol. The molecule has 0 saturated heterocycles.